The zero-order chi connectivity index (χ0) is 18.4. The summed E-state index contributed by atoms with van der Waals surface area (Å²) < 4.78 is 5.05. The Balaban J connectivity index is 1.57. The third-order valence-electron chi connectivity index (χ3n) is 4.72. The van der Waals surface area contributed by atoms with Crippen molar-refractivity contribution >= 4 is 11.8 Å². The number of furan rings is 1. The Hall–Kier alpha value is -2.60. The summed E-state index contributed by atoms with van der Waals surface area (Å²) in [4.78, 5) is 26.8. The molecule has 0 bridgehead atoms. The van der Waals surface area contributed by atoms with E-state index in [0.29, 0.717) is 6.54 Å². The number of rotatable bonds is 7. The second-order valence-electron chi connectivity index (χ2n) is 6.59. The van der Waals surface area contributed by atoms with Crippen LogP contribution in [-0.4, -0.2) is 42.4 Å². The average Bonchev–Trinajstić information content (AvgIpc) is 3.36. The Kier molecular flexibility index (Phi) is 6.07. The van der Waals surface area contributed by atoms with Crippen LogP contribution in [0.1, 0.15) is 41.9 Å². The van der Waals surface area contributed by atoms with Gasteiger partial charge in [0.1, 0.15) is 6.04 Å². The van der Waals surface area contributed by atoms with Gasteiger partial charge in [-0.05, 0) is 50.6 Å². The van der Waals surface area contributed by atoms with E-state index in [9.17, 15) is 9.59 Å². The molecule has 2 N–H and O–H groups in total. The van der Waals surface area contributed by atoms with Gasteiger partial charge in [-0.3, -0.25) is 14.5 Å². The number of likely N-dealkylation sites (tertiary alicyclic amines) is 1. The maximum atomic E-state index is 12.4. The first-order valence-corrected chi connectivity index (χ1v) is 9.06. The highest BCUT2D eigenvalue weighted by Crippen LogP contribution is 2.24. The molecule has 138 valence electrons. The Labute approximate surface area is 153 Å². The van der Waals surface area contributed by atoms with Crippen LogP contribution in [0.4, 0.5) is 0 Å². The summed E-state index contributed by atoms with van der Waals surface area (Å²) in [6.07, 6.45) is 3.81. The second-order valence-corrected chi connectivity index (χ2v) is 6.59. The monoisotopic (exact) mass is 355 g/mol. The van der Waals surface area contributed by atoms with Crippen LogP contribution in [-0.2, 0) is 4.79 Å². The van der Waals surface area contributed by atoms with E-state index < -0.39 is 11.9 Å². The van der Waals surface area contributed by atoms with Crippen LogP contribution in [0.25, 0.3) is 0 Å². The van der Waals surface area contributed by atoms with Gasteiger partial charge >= 0.3 is 0 Å². The van der Waals surface area contributed by atoms with Crippen molar-refractivity contribution < 1.29 is 14.0 Å². The molecule has 3 rings (SSSR count). The number of hydrogen-bond acceptors (Lipinski definition) is 4. The first-order valence-electron chi connectivity index (χ1n) is 9.06. The third kappa shape index (κ3) is 4.52. The first kappa shape index (κ1) is 18.2. The lowest BCUT2D eigenvalue weighted by atomic mass is 10.1. The summed E-state index contributed by atoms with van der Waals surface area (Å²) in [5, 5.41) is 5.64. The molecular formula is C20H25N3O3. The Morgan fingerprint density at radius 1 is 1.12 bits per heavy atom. The van der Waals surface area contributed by atoms with Crippen molar-refractivity contribution in [3.05, 3.63) is 60.1 Å². The summed E-state index contributed by atoms with van der Waals surface area (Å²) in [5.74, 6) is -0.397. The van der Waals surface area contributed by atoms with E-state index in [1.54, 1.807) is 19.1 Å². The van der Waals surface area contributed by atoms with E-state index >= 15 is 0 Å². The average molecular weight is 355 g/mol. The van der Waals surface area contributed by atoms with E-state index in [2.05, 4.69) is 27.7 Å². The fourth-order valence-electron chi connectivity index (χ4n) is 3.28. The highest BCUT2D eigenvalue weighted by atomic mass is 16.3. The Morgan fingerprint density at radius 3 is 2.50 bits per heavy atom. The normalized spacial score (nSPS) is 16.8. The molecule has 2 unspecified atom stereocenters. The maximum Gasteiger partial charge on any atom is 0.287 e. The van der Waals surface area contributed by atoms with Crippen LogP contribution in [0, 0.1) is 0 Å². The summed E-state index contributed by atoms with van der Waals surface area (Å²) >= 11 is 0. The molecule has 2 atom stereocenters. The van der Waals surface area contributed by atoms with Crippen molar-refractivity contribution in [3.8, 4) is 0 Å². The van der Waals surface area contributed by atoms with Gasteiger partial charge in [0.05, 0.1) is 12.3 Å². The first-order chi connectivity index (χ1) is 12.6. The molecule has 0 saturated carbocycles. The number of nitrogens with one attached hydrogen (secondary N) is 2. The molecule has 1 aromatic carbocycles. The van der Waals surface area contributed by atoms with Crippen LogP contribution in [0.15, 0.2) is 53.1 Å². The van der Waals surface area contributed by atoms with E-state index in [-0.39, 0.29) is 17.7 Å². The Bertz CT molecular complexity index is 709. The molecule has 1 aliphatic heterocycles. The van der Waals surface area contributed by atoms with Crippen molar-refractivity contribution in [3.63, 3.8) is 0 Å². The Morgan fingerprint density at radius 2 is 1.85 bits per heavy atom. The molecule has 1 saturated heterocycles. The van der Waals surface area contributed by atoms with Crippen LogP contribution in [0.3, 0.4) is 0 Å². The van der Waals surface area contributed by atoms with Crippen molar-refractivity contribution in [2.45, 2.75) is 31.8 Å². The van der Waals surface area contributed by atoms with Crippen LogP contribution in [0.5, 0.6) is 0 Å². The highest BCUT2D eigenvalue weighted by molar-refractivity contribution is 5.95. The summed E-state index contributed by atoms with van der Waals surface area (Å²) in [7, 11) is 0. The number of amides is 2. The SMILES string of the molecule is CC(NC(=O)c1ccco1)C(=O)NCC(c1ccccc1)N1CCCC1. The molecule has 0 radical (unpaired) electrons. The minimum Gasteiger partial charge on any atom is -0.459 e. The fourth-order valence-corrected chi connectivity index (χ4v) is 3.28. The molecule has 2 heterocycles. The topological polar surface area (TPSA) is 74.6 Å². The molecule has 0 aliphatic carbocycles. The maximum absolute atomic E-state index is 12.4. The smallest absolute Gasteiger partial charge is 0.287 e. The lowest BCUT2D eigenvalue weighted by Gasteiger charge is -2.28. The zero-order valence-electron chi connectivity index (χ0n) is 15.0. The van der Waals surface area contributed by atoms with E-state index in [4.69, 9.17) is 4.42 Å². The van der Waals surface area contributed by atoms with E-state index in [1.807, 2.05) is 18.2 Å². The van der Waals surface area contributed by atoms with Gasteiger partial charge in [0.15, 0.2) is 5.76 Å². The molecular weight excluding hydrogens is 330 g/mol. The lowest BCUT2D eigenvalue weighted by molar-refractivity contribution is -0.122. The summed E-state index contributed by atoms with van der Waals surface area (Å²) in [5.41, 5.74) is 1.20. The van der Waals surface area contributed by atoms with Crippen molar-refractivity contribution in [2.75, 3.05) is 19.6 Å². The number of benzene rings is 1. The van der Waals surface area contributed by atoms with E-state index in [0.717, 1.165) is 13.1 Å². The number of nitrogens with zero attached hydrogens (tertiary/aromatic N) is 1. The molecule has 1 aromatic heterocycles. The van der Waals surface area contributed by atoms with Gasteiger partial charge in [-0.15, -0.1) is 0 Å². The van der Waals surface area contributed by atoms with Gasteiger partial charge < -0.3 is 15.1 Å². The molecule has 2 aromatic rings. The molecule has 6 nitrogen and oxygen atoms in total. The van der Waals surface area contributed by atoms with Crippen LogP contribution < -0.4 is 10.6 Å². The summed E-state index contributed by atoms with van der Waals surface area (Å²) in [6, 6.07) is 12.9. The fraction of sp³-hybridized carbons (Fsp3) is 0.400. The molecule has 0 spiro atoms. The molecule has 1 fully saturated rings. The van der Waals surface area contributed by atoms with Gasteiger partial charge in [-0.2, -0.15) is 0 Å². The number of hydrogen-bond donors (Lipinski definition) is 2. The van der Waals surface area contributed by atoms with Gasteiger partial charge in [-0.1, -0.05) is 30.3 Å². The quantitative estimate of drug-likeness (QED) is 0.799. The van der Waals surface area contributed by atoms with Crippen molar-refractivity contribution in [1.29, 1.82) is 0 Å². The number of carbonyl (C=O) groups excluding carboxylic acids is 2. The minimum absolute atomic E-state index is 0.149. The van der Waals surface area contributed by atoms with Crippen LogP contribution >= 0.6 is 0 Å². The zero-order valence-corrected chi connectivity index (χ0v) is 15.0. The second kappa shape index (κ2) is 8.67. The predicted molar refractivity (Wildman–Crippen MR) is 98.6 cm³/mol. The van der Waals surface area contributed by atoms with Gasteiger partial charge in [0, 0.05) is 6.54 Å². The predicted octanol–water partition coefficient (Wildman–Crippen LogP) is 2.35. The van der Waals surface area contributed by atoms with Gasteiger partial charge in [0.2, 0.25) is 5.91 Å². The highest BCUT2D eigenvalue weighted by Gasteiger charge is 2.25. The molecule has 6 heteroatoms. The van der Waals surface area contributed by atoms with E-state index in [1.165, 1.54) is 24.7 Å². The number of carbonyl (C=O) groups is 2. The standard InChI is InChI=1S/C20H25N3O3/c1-15(22-20(25)18-10-7-13-26-18)19(24)21-14-17(23-11-5-6-12-23)16-8-3-2-4-9-16/h2-4,7-10,13,15,17H,5-6,11-12,14H2,1H3,(H,21,24)(H,22,25). The van der Waals surface area contributed by atoms with Gasteiger partial charge in [-0.25, -0.2) is 0 Å². The van der Waals surface area contributed by atoms with Crippen molar-refractivity contribution in [2.24, 2.45) is 0 Å². The molecule has 26 heavy (non-hydrogen) atoms. The van der Waals surface area contributed by atoms with Gasteiger partial charge in [0.25, 0.3) is 5.91 Å². The van der Waals surface area contributed by atoms with Crippen LogP contribution in [0.2, 0.25) is 0 Å². The molecule has 1 aliphatic rings. The third-order valence-corrected chi connectivity index (χ3v) is 4.72. The largest absolute Gasteiger partial charge is 0.459 e. The molecule has 2 amide bonds. The lowest BCUT2D eigenvalue weighted by Crippen LogP contribution is -2.47. The minimum atomic E-state index is -0.636. The summed E-state index contributed by atoms with van der Waals surface area (Å²) in [6.45, 7) is 4.27. The van der Waals surface area contributed by atoms with Crippen molar-refractivity contribution in [1.82, 2.24) is 15.5 Å².